The summed E-state index contributed by atoms with van der Waals surface area (Å²) in [6, 6.07) is -4.53. The van der Waals surface area contributed by atoms with Gasteiger partial charge >= 0.3 is 5.97 Å². The van der Waals surface area contributed by atoms with Crippen LogP contribution >= 0.6 is 0 Å². The number of carbonyl (C=O) groups is 5. The number of carboxylic acids is 1. The summed E-state index contributed by atoms with van der Waals surface area (Å²) in [5.74, 6) is -4.63. The first kappa shape index (κ1) is 31.2. The van der Waals surface area contributed by atoms with Crippen LogP contribution in [0.2, 0.25) is 0 Å². The van der Waals surface area contributed by atoms with E-state index in [0.29, 0.717) is 45.2 Å². The predicted molar refractivity (Wildman–Crippen MR) is 126 cm³/mol. The zero-order valence-electron chi connectivity index (χ0n) is 20.0. The van der Waals surface area contributed by atoms with Gasteiger partial charge in [-0.1, -0.05) is 20.3 Å². The first-order valence-electron chi connectivity index (χ1n) is 11.5. The molecule has 0 aromatic carbocycles. The van der Waals surface area contributed by atoms with Crippen LogP contribution in [0, 0.1) is 5.92 Å². The summed E-state index contributed by atoms with van der Waals surface area (Å²) < 4.78 is 0. The highest BCUT2D eigenvalue weighted by atomic mass is 16.4. The summed E-state index contributed by atoms with van der Waals surface area (Å²) in [6.45, 7) is 4.16. The van der Waals surface area contributed by atoms with Gasteiger partial charge in [0.1, 0.15) is 18.1 Å². The molecule has 13 heteroatoms. The molecule has 4 amide bonds. The minimum absolute atomic E-state index is 0.180. The maximum absolute atomic E-state index is 12.8. The Morgan fingerprint density at radius 3 is 1.76 bits per heavy atom. The number of aliphatic carboxylic acids is 1. The molecule has 0 aliphatic carbocycles. The molecule has 0 radical (unpaired) electrons. The van der Waals surface area contributed by atoms with Crippen molar-refractivity contribution >= 4 is 29.6 Å². The molecule has 13 nitrogen and oxygen atoms in total. The molecule has 0 aliphatic heterocycles. The fraction of sp³-hybridized carbons (Fsp3) is 0.762. The lowest BCUT2D eigenvalue weighted by molar-refractivity contribution is -0.143. The zero-order valence-corrected chi connectivity index (χ0v) is 20.0. The van der Waals surface area contributed by atoms with Gasteiger partial charge in [-0.2, -0.15) is 0 Å². The molecular weight excluding hydrogens is 446 g/mol. The lowest BCUT2D eigenvalue weighted by atomic mass is 10.0. The van der Waals surface area contributed by atoms with Crippen molar-refractivity contribution < 1.29 is 29.1 Å². The van der Waals surface area contributed by atoms with E-state index in [1.165, 1.54) is 0 Å². The van der Waals surface area contributed by atoms with Gasteiger partial charge in [0.2, 0.25) is 23.6 Å². The van der Waals surface area contributed by atoms with E-state index >= 15 is 0 Å². The van der Waals surface area contributed by atoms with Crippen LogP contribution in [-0.2, 0) is 24.0 Å². The Morgan fingerprint density at radius 2 is 1.29 bits per heavy atom. The van der Waals surface area contributed by atoms with Gasteiger partial charge in [-0.3, -0.25) is 19.2 Å². The number of nitrogens with two attached hydrogens (primary N) is 4. The molecule has 0 aromatic rings. The molecule has 0 aliphatic rings. The van der Waals surface area contributed by atoms with Gasteiger partial charge in [-0.25, -0.2) is 4.79 Å². The van der Waals surface area contributed by atoms with E-state index < -0.39 is 66.1 Å². The van der Waals surface area contributed by atoms with Crippen LogP contribution in [0.15, 0.2) is 0 Å². The first-order valence-corrected chi connectivity index (χ1v) is 11.5. The number of carbonyl (C=O) groups excluding carboxylic acids is 4. The molecule has 0 aromatic heterocycles. The van der Waals surface area contributed by atoms with Crippen molar-refractivity contribution in [2.45, 2.75) is 83.0 Å². The summed E-state index contributed by atoms with van der Waals surface area (Å²) in [5.41, 5.74) is 21.9. The van der Waals surface area contributed by atoms with Crippen LogP contribution in [0.25, 0.3) is 0 Å². The predicted octanol–water partition coefficient (Wildman–Crippen LogP) is -2.36. The third kappa shape index (κ3) is 12.5. The normalized spacial score (nSPS) is 14.5. The number of amides is 4. The van der Waals surface area contributed by atoms with E-state index in [1.54, 1.807) is 13.8 Å². The maximum atomic E-state index is 12.8. The van der Waals surface area contributed by atoms with Gasteiger partial charge in [0.15, 0.2) is 0 Å². The lowest BCUT2D eigenvalue weighted by Gasteiger charge is -2.26. The van der Waals surface area contributed by atoms with Gasteiger partial charge in [0.05, 0.1) is 12.5 Å². The second kappa shape index (κ2) is 16.8. The lowest BCUT2D eigenvalue weighted by Crippen LogP contribution is -2.59. The van der Waals surface area contributed by atoms with Crippen molar-refractivity contribution in [1.29, 1.82) is 0 Å². The Balaban J connectivity index is 5.31. The van der Waals surface area contributed by atoms with Crippen molar-refractivity contribution in [3.8, 4) is 0 Å². The second-order valence-corrected chi connectivity index (χ2v) is 8.54. The standard InChI is InChI=1S/C21H41N7O6/c1-12(2)17(20(32)26-14(21(33)34)8-4-6-10-23)28-19(31)15(11-16(25)29)27-18(30)13(24)7-3-5-9-22/h12-15,17H,3-11,22-24H2,1-2H3,(H2,25,29)(H,26,32)(H,27,30)(H,28,31)(H,33,34). The van der Waals surface area contributed by atoms with Crippen LogP contribution in [0.4, 0.5) is 0 Å². The molecule has 34 heavy (non-hydrogen) atoms. The Labute approximate surface area is 200 Å². The van der Waals surface area contributed by atoms with E-state index in [1.807, 2.05) is 0 Å². The van der Waals surface area contributed by atoms with E-state index in [4.69, 9.17) is 22.9 Å². The smallest absolute Gasteiger partial charge is 0.326 e. The fourth-order valence-electron chi connectivity index (χ4n) is 3.13. The van der Waals surface area contributed by atoms with E-state index in [2.05, 4.69) is 16.0 Å². The second-order valence-electron chi connectivity index (χ2n) is 8.54. The average molecular weight is 488 g/mol. The monoisotopic (exact) mass is 487 g/mol. The third-order valence-corrected chi connectivity index (χ3v) is 5.15. The molecule has 196 valence electrons. The average Bonchev–Trinajstić information content (AvgIpc) is 2.75. The number of nitrogens with one attached hydrogen (secondary N) is 3. The highest BCUT2D eigenvalue weighted by molar-refractivity contribution is 5.96. The minimum Gasteiger partial charge on any atom is -0.480 e. The number of carboxylic acid groups (broad SMARTS) is 1. The fourth-order valence-corrected chi connectivity index (χ4v) is 3.13. The molecule has 4 atom stereocenters. The molecule has 0 bridgehead atoms. The molecule has 12 N–H and O–H groups in total. The van der Waals surface area contributed by atoms with Gasteiger partial charge < -0.3 is 44.0 Å². The van der Waals surface area contributed by atoms with Crippen molar-refractivity contribution in [1.82, 2.24) is 16.0 Å². The van der Waals surface area contributed by atoms with Gasteiger partial charge in [0.25, 0.3) is 0 Å². The van der Waals surface area contributed by atoms with E-state index in [0.717, 1.165) is 0 Å². The van der Waals surface area contributed by atoms with Crippen molar-refractivity contribution in [3.05, 3.63) is 0 Å². The molecule has 0 fully saturated rings. The number of hydrogen-bond acceptors (Lipinski definition) is 8. The molecule has 0 saturated heterocycles. The summed E-state index contributed by atoms with van der Waals surface area (Å²) in [6.07, 6.45) is 2.42. The highest BCUT2D eigenvalue weighted by Crippen LogP contribution is 2.07. The van der Waals surface area contributed by atoms with Crippen molar-refractivity contribution in [2.75, 3.05) is 13.1 Å². The van der Waals surface area contributed by atoms with Crippen LogP contribution < -0.4 is 38.9 Å². The summed E-state index contributed by atoms with van der Waals surface area (Å²) in [5, 5.41) is 16.7. The topological polar surface area (TPSA) is 246 Å². The van der Waals surface area contributed by atoms with E-state index in [9.17, 15) is 29.1 Å². The highest BCUT2D eigenvalue weighted by Gasteiger charge is 2.32. The Kier molecular flexibility index (Phi) is 15.4. The number of unbranched alkanes of at least 4 members (excludes halogenated alkanes) is 2. The largest absolute Gasteiger partial charge is 0.480 e. The zero-order chi connectivity index (χ0) is 26.3. The Morgan fingerprint density at radius 1 is 0.765 bits per heavy atom. The quantitative estimate of drug-likeness (QED) is 0.0962. The summed E-state index contributed by atoms with van der Waals surface area (Å²) in [4.78, 5) is 61.0. The number of primary amides is 1. The molecule has 0 saturated carbocycles. The third-order valence-electron chi connectivity index (χ3n) is 5.15. The number of rotatable bonds is 18. The maximum Gasteiger partial charge on any atom is 0.326 e. The molecular formula is C21H41N7O6. The molecule has 4 unspecified atom stereocenters. The van der Waals surface area contributed by atoms with Crippen LogP contribution in [0.3, 0.4) is 0 Å². The van der Waals surface area contributed by atoms with Crippen molar-refractivity contribution in [3.63, 3.8) is 0 Å². The Hall–Kier alpha value is -2.77. The first-order chi connectivity index (χ1) is 15.9. The van der Waals surface area contributed by atoms with Gasteiger partial charge in [-0.15, -0.1) is 0 Å². The van der Waals surface area contributed by atoms with Crippen molar-refractivity contribution in [2.24, 2.45) is 28.9 Å². The van der Waals surface area contributed by atoms with Gasteiger partial charge in [0, 0.05) is 0 Å². The van der Waals surface area contributed by atoms with E-state index in [-0.39, 0.29) is 6.42 Å². The molecule has 0 spiro atoms. The Bertz CT molecular complexity index is 689. The van der Waals surface area contributed by atoms with Crippen LogP contribution in [0.5, 0.6) is 0 Å². The summed E-state index contributed by atoms with van der Waals surface area (Å²) >= 11 is 0. The summed E-state index contributed by atoms with van der Waals surface area (Å²) in [7, 11) is 0. The minimum atomic E-state index is -1.35. The molecule has 0 rings (SSSR count). The molecule has 0 heterocycles. The number of hydrogen-bond donors (Lipinski definition) is 8. The van der Waals surface area contributed by atoms with Crippen LogP contribution in [-0.4, -0.2) is 72.0 Å². The van der Waals surface area contributed by atoms with Crippen LogP contribution in [0.1, 0.15) is 58.8 Å². The van der Waals surface area contributed by atoms with Gasteiger partial charge in [-0.05, 0) is 51.1 Å². The SMILES string of the molecule is CC(C)C(NC(=O)C(CC(N)=O)NC(=O)C(N)CCCCN)C(=O)NC(CCCCN)C(=O)O.